The zero-order valence-electron chi connectivity index (χ0n) is 20.1. The highest BCUT2D eigenvalue weighted by Gasteiger charge is 2.34. The first-order valence-electron chi connectivity index (χ1n) is 11.5. The number of amides is 2. The Bertz CT molecular complexity index is 1240. The third-order valence-corrected chi connectivity index (χ3v) is 6.22. The lowest BCUT2D eigenvalue weighted by Gasteiger charge is -2.14. The van der Waals surface area contributed by atoms with Gasteiger partial charge in [0.1, 0.15) is 31.3 Å². The van der Waals surface area contributed by atoms with E-state index in [4.69, 9.17) is 18.9 Å². The molecule has 1 aliphatic rings. The molecule has 0 aliphatic carbocycles. The van der Waals surface area contributed by atoms with Gasteiger partial charge in [-0.1, -0.05) is 42.0 Å². The van der Waals surface area contributed by atoms with Crippen LogP contribution >= 0.6 is 11.8 Å². The molecule has 36 heavy (non-hydrogen) atoms. The van der Waals surface area contributed by atoms with E-state index in [9.17, 15) is 9.59 Å². The Labute approximate surface area is 214 Å². The van der Waals surface area contributed by atoms with E-state index < -0.39 is 0 Å². The van der Waals surface area contributed by atoms with E-state index in [0.29, 0.717) is 35.4 Å². The standard InChI is InChI=1S/C28H27NO6S/c1-20-10-12-22(13-11-20)33-16-17-34-23-7-5-6-21(18-23)19-26-27(30)29(28(31)36-26)14-15-35-25-9-4-3-8-24(25)32-2/h3-13,18-19H,14-17H2,1-2H3/b26-19-. The lowest BCUT2D eigenvalue weighted by atomic mass is 10.2. The molecule has 186 valence electrons. The fourth-order valence-electron chi connectivity index (χ4n) is 3.48. The molecule has 0 unspecified atom stereocenters. The molecular formula is C28H27NO6S. The zero-order valence-corrected chi connectivity index (χ0v) is 21.0. The summed E-state index contributed by atoms with van der Waals surface area (Å²) in [6.45, 7) is 3.12. The number of hydrogen-bond acceptors (Lipinski definition) is 7. The number of nitrogens with zero attached hydrogens (tertiary/aromatic N) is 1. The van der Waals surface area contributed by atoms with Gasteiger partial charge in [-0.3, -0.25) is 14.5 Å². The smallest absolute Gasteiger partial charge is 0.293 e. The van der Waals surface area contributed by atoms with Crippen molar-refractivity contribution in [1.29, 1.82) is 0 Å². The van der Waals surface area contributed by atoms with Gasteiger partial charge < -0.3 is 18.9 Å². The molecule has 0 radical (unpaired) electrons. The SMILES string of the molecule is COc1ccccc1OCCN1C(=O)S/C(=C\c2cccc(OCCOc3ccc(C)cc3)c2)C1=O. The Morgan fingerprint density at radius 2 is 1.53 bits per heavy atom. The number of ether oxygens (including phenoxy) is 4. The molecule has 0 saturated carbocycles. The van der Waals surface area contributed by atoms with Crippen LogP contribution < -0.4 is 18.9 Å². The molecule has 1 fully saturated rings. The number of rotatable bonds is 11. The molecule has 2 amide bonds. The van der Waals surface area contributed by atoms with Crippen molar-refractivity contribution >= 4 is 29.0 Å². The maximum absolute atomic E-state index is 12.8. The quantitative estimate of drug-likeness (QED) is 0.249. The fourth-order valence-corrected chi connectivity index (χ4v) is 4.34. The molecule has 1 aliphatic heterocycles. The summed E-state index contributed by atoms with van der Waals surface area (Å²) in [6.07, 6.45) is 1.70. The predicted octanol–water partition coefficient (Wildman–Crippen LogP) is 5.58. The van der Waals surface area contributed by atoms with Crippen LogP contribution in [0, 0.1) is 6.92 Å². The summed E-state index contributed by atoms with van der Waals surface area (Å²) in [5, 5.41) is -0.324. The van der Waals surface area contributed by atoms with Crippen molar-refractivity contribution in [3.63, 3.8) is 0 Å². The van der Waals surface area contributed by atoms with Crippen LogP contribution in [-0.4, -0.2) is 49.5 Å². The van der Waals surface area contributed by atoms with Gasteiger partial charge in [-0.2, -0.15) is 0 Å². The molecule has 4 rings (SSSR count). The molecule has 1 heterocycles. The highest BCUT2D eigenvalue weighted by molar-refractivity contribution is 8.18. The van der Waals surface area contributed by atoms with Gasteiger partial charge in [0, 0.05) is 0 Å². The normalized spacial score (nSPS) is 14.3. The summed E-state index contributed by atoms with van der Waals surface area (Å²) < 4.78 is 22.4. The second-order valence-electron chi connectivity index (χ2n) is 7.92. The van der Waals surface area contributed by atoms with Gasteiger partial charge in [0.05, 0.1) is 18.6 Å². The van der Waals surface area contributed by atoms with Gasteiger partial charge in [0.15, 0.2) is 11.5 Å². The Kier molecular flexibility index (Phi) is 8.52. The summed E-state index contributed by atoms with van der Waals surface area (Å²) in [7, 11) is 1.56. The number of methoxy groups -OCH3 is 1. The lowest BCUT2D eigenvalue weighted by molar-refractivity contribution is -0.123. The highest BCUT2D eigenvalue weighted by Crippen LogP contribution is 2.33. The second kappa shape index (κ2) is 12.2. The van der Waals surface area contributed by atoms with Gasteiger partial charge in [0.2, 0.25) is 0 Å². The molecule has 0 spiro atoms. The van der Waals surface area contributed by atoms with Crippen molar-refractivity contribution in [3.05, 3.63) is 88.8 Å². The van der Waals surface area contributed by atoms with Crippen LogP contribution in [0.1, 0.15) is 11.1 Å². The number of carbonyl (C=O) groups is 2. The van der Waals surface area contributed by atoms with E-state index in [0.717, 1.165) is 23.1 Å². The van der Waals surface area contributed by atoms with E-state index in [2.05, 4.69) is 0 Å². The average Bonchev–Trinajstić information content (AvgIpc) is 3.15. The number of para-hydroxylation sites is 2. The zero-order chi connectivity index (χ0) is 25.3. The molecule has 8 heteroatoms. The monoisotopic (exact) mass is 505 g/mol. The molecule has 3 aromatic rings. The number of aryl methyl sites for hydroxylation is 1. The minimum Gasteiger partial charge on any atom is -0.493 e. The average molecular weight is 506 g/mol. The molecule has 0 aromatic heterocycles. The van der Waals surface area contributed by atoms with Gasteiger partial charge in [0.25, 0.3) is 11.1 Å². The Hall–Kier alpha value is -3.91. The number of thioether (sulfide) groups is 1. The van der Waals surface area contributed by atoms with E-state index in [-0.39, 0.29) is 24.3 Å². The first-order chi connectivity index (χ1) is 17.5. The number of benzene rings is 3. The van der Waals surface area contributed by atoms with Crippen LogP contribution in [0.3, 0.4) is 0 Å². The molecule has 0 N–H and O–H groups in total. The van der Waals surface area contributed by atoms with Crippen LogP contribution in [0.4, 0.5) is 4.79 Å². The summed E-state index contributed by atoms with van der Waals surface area (Å²) >= 11 is 0.914. The lowest BCUT2D eigenvalue weighted by Crippen LogP contribution is -2.32. The van der Waals surface area contributed by atoms with Crippen molar-refractivity contribution in [2.45, 2.75) is 6.92 Å². The number of imide groups is 1. The van der Waals surface area contributed by atoms with Crippen molar-refractivity contribution in [2.75, 3.05) is 33.5 Å². The molecule has 1 saturated heterocycles. The van der Waals surface area contributed by atoms with Crippen molar-refractivity contribution < 1.29 is 28.5 Å². The minimum absolute atomic E-state index is 0.143. The van der Waals surface area contributed by atoms with Gasteiger partial charge in [-0.05, 0) is 66.7 Å². The molecule has 0 bridgehead atoms. The topological polar surface area (TPSA) is 74.3 Å². The van der Waals surface area contributed by atoms with Crippen LogP contribution in [-0.2, 0) is 4.79 Å². The molecule has 0 atom stereocenters. The van der Waals surface area contributed by atoms with Crippen LogP contribution in [0.5, 0.6) is 23.0 Å². The Morgan fingerprint density at radius 3 is 2.28 bits per heavy atom. The summed E-state index contributed by atoms with van der Waals surface area (Å²) in [6, 6.07) is 22.4. The summed E-state index contributed by atoms with van der Waals surface area (Å²) in [5.41, 5.74) is 1.94. The Balaban J connectivity index is 1.29. The van der Waals surface area contributed by atoms with Gasteiger partial charge >= 0.3 is 0 Å². The number of hydrogen-bond donors (Lipinski definition) is 0. The highest BCUT2D eigenvalue weighted by atomic mass is 32.2. The van der Waals surface area contributed by atoms with E-state index in [1.165, 1.54) is 10.5 Å². The van der Waals surface area contributed by atoms with Gasteiger partial charge in [-0.15, -0.1) is 0 Å². The van der Waals surface area contributed by atoms with Crippen LogP contribution in [0.15, 0.2) is 77.7 Å². The third-order valence-electron chi connectivity index (χ3n) is 5.31. The predicted molar refractivity (Wildman–Crippen MR) is 140 cm³/mol. The molecule has 7 nitrogen and oxygen atoms in total. The largest absolute Gasteiger partial charge is 0.493 e. The molecular weight excluding hydrogens is 478 g/mol. The maximum atomic E-state index is 12.8. The van der Waals surface area contributed by atoms with Crippen molar-refractivity contribution in [1.82, 2.24) is 4.90 Å². The summed E-state index contributed by atoms with van der Waals surface area (Å²) in [5.74, 6) is 2.26. The van der Waals surface area contributed by atoms with Crippen LogP contribution in [0.25, 0.3) is 6.08 Å². The third kappa shape index (κ3) is 6.60. The number of carbonyl (C=O) groups excluding carboxylic acids is 2. The van der Waals surface area contributed by atoms with E-state index in [1.807, 2.05) is 67.6 Å². The summed E-state index contributed by atoms with van der Waals surface area (Å²) in [4.78, 5) is 26.8. The first kappa shape index (κ1) is 25.2. The Morgan fingerprint density at radius 1 is 0.806 bits per heavy atom. The second-order valence-corrected chi connectivity index (χ2v) is 8.91. The minimum atomic E-state index is -0.341. The molecule has 3 aromatic carbocycles. The van der Waals surface area contributed by atoms with Crippen LogP contribution in [0.2, 0.25) is 0 Å². The van der Waals surface area contributed by atoms with Crippen molar-refractivity contribution in [3.8, 4) is 23.0 Å². The van der Waals surface area contributed by atoms with E-state index >= 15 is 0 Å². The maximum Gasteiger partial charge on any atom is 0.293 e. The van der Waals surface area contributed by atoms with Crippen molar-refractivity contribution in [2.24, 2.45) is 0 Å². The first-order valence-corrected chi connectivity index (χ1v) is 12.3. The van der Waals surface area contributed by atoms with E-state index in [1.54, 1.807) is 25.3 Å². The fraction of sp³-hybridized carbons (Fsp3) is 0.214. The van der Waals surface area contributed by atoms with Gasteiger partial charge in [-0.25, -0.2) is 0 Å².